The van der Waals surface area contributed by atoms with Crippen molar-refractivity contribution in [2.45, 2.75) is 19.9 Å². The number of amides is 1. The number of β-lactam (4-membered cyclic amide) rings is 1. The molecule has 1 fully saturated rings. The van der Waals surface area contributed by atoms with Gasteiger partial charge in [0.1, 0.15) is 0 Å². The second-order valence-electron chi connectivity index (χ2n) is 4.09. The second-order valence-corrected chi connectivity index (χ2v) is 4.09. The lowest BCUT2D eigenvalue weighted by Gasteiger charge is -2.42. The number of aryl methyl sites for hydroxylation is 1. The molecular weight excluding hydrogens is 166 g/mol. The van der Waals surface area contributed by atoms with Crippen LogP contribution in [0.25, 0.3) is 0 Å². The van der Waals surface area contributed by atoms with Gasteiger partial charge in [-0.2, -0.15) is 0 Å². The van der Waals surface area contributed by atoms with E-state index in [0.717, 1.165) is 5.69 Å². The van der Waals surface area contributed by atoms with E-state index >= 15 is 0 Å². The molecule has 1 atom stereocenters. The van der Waals surface area contributed by atoms with Gasteiger partial charge in [-0.3, -0.25) is 4.79 Å². The molecule has 1 aliphatic rings. The monoisotopic (exact) mass is 179 g/mol. The summed E-state index contributed by atoms with van der Waals surface area (Å²) in [6.07, 6.45) is 3.68. The van der Waals surface area contributed by atoms with Crippen LogP contribution in [0.4, 0.5) is 0 Å². The van der Waals surface area contributed by atoms with Gasteiger partial charge in [0.25, 0.3) is 0 Å². The molecule has 0 spiro atoms. The third-order valence-corrected chi connectivity index (χ3v) is 2.60. The summed E-state index contributed by atoms with van der Waals surface area (Å²) in [7, 11) is 1.92. The van der Waals surface area contributed by atoms with E-state index in [9.17, 15) is 4.79 Å². The average Bonchev–Trinajstić information content (AvgIpc) is 2.47. The highest BCUT2D eigenvalue weighted by Gasteiger charge is 2.48. The van der Waals surface area contributed by atoms with E-state index in [1.54, 1.807) is 6.33 Å². The Morgan fingerprint density at radius 3 is 2.69 bits per heavy atom. The normalized spacial score (nSPS) is 25.2. The molecule has 1 N–H and O–H groups in total. The number of nitrogens with one attached hydrogen (secondary N) is 1. The number of carbonyl (C=O) groups excluding carboxylic acids is 1. The first-order valence-electron chi connectivity index (χ1n) is 4.30. The molecule has 1 aromatic heterocycles. The molecule has 0 bridgehead atoms. The van der Waals surface area contributed by atoms with E-state index in [4.69, 9.17) is 0 Å². The average molecular weight is 179 g/mol. The molecule has 1 amide bonds. The van der Waals surface area contributed by atoms with Gasteiger partial charge in [0.15, 0.2) is 0 Å². The molecule has 1 aromatic rings. The fourth-order valence-corrected chi connectivity index (χ4v) is 1.58. The molecular formula is C9H13N3O. The molecule has 0 aliphatic carbocycles. The standard InChI is InChI=1S/C9H13N3O/c1-9(2)7(11-8(9)13)6-4-12(3)5-10-6/h4-5,7H,1-3H3,(H,11,13). The van der Waals surface area contributed by atoms with Crippen LogP contribution in [0.3, 0.4) is 0 Å². The largest absolute Gasteiger partial charge is 0.346 e. The lowest BCUT2D eigenvalue weighted by Crippen LogP contribution is -2.58. The fourth-order valence-electron chi connectivity index (χ4n) is 1.58. The van der Waals surface area contributed by atoms with Gasteiger partial charge in [-0.1, -0.05) is 0 Å². The van der Waals surface area contributed by atoms with Gasteiger partial charge in [0, 0.05) is 13.2 Å². The van der Waals surface area contributed by atoms with Crippen molar-refractivity contribution in [3.63, 3.8) is 0 Å². The third-order valence-electron chi connectivity index (χ3n) is 2.60. The first-order chi connectivity index (χ1) is 6.01. The maximum Gasteiger partial charge on any atom is 0.228 e. The van der Waals surface area contributed by atoms with E-state index in [2.05, 4.69) is 10.3 Å². The first-order valence-corrected chi connectivity index (χ1v) is 4.30. The number of carbonyl (C=O) groups is 1. The van der Waals surface area contributed by atoms with Crippen molar-refractivity contribution >= 4 is 5.91 Å². The molecule has 0 aromatic carbocycles. The zero-order valence-electron chi connectivity index (χ0n) is 8.03. The van der Waals surface area contributed by atoms with Gasteiger partial charge in [0.05, 0.1) is 23.5 Å². The van der Waals surface area contributed by atoms with Crippen LogP contribution in [0.1, 0.15) is 25.6 Å². The molecule has 0 saturated carbocycles. The topological polar surface area (TPSA) is 46.9 Å². The van der Waals surface area contributed by atoms with E-state index in [1.807, 2.05) is 31.7 Å². The number of hydrogen-bond acceptors (Lipinski definition) is 2. The summed E-state index contributed by atoms with van der Waals surface area (Å²) in [6.45, 7) is 3.87. The molecule has 4 heteroatoms. The minimum atomic E-state index is -0.311. The molecule has 2 rings (SSSR count). The Bertz CT molecular complexity index is 353. The third kappa shape index (κ3) is 1.05. The Balaban J connectivity index is 2.26. The highest BCUT2D eigenvalue weighted by Crippen LogP contribution is 2.40. The van der Waals surface area contributed by atoms with Gasteiger partial charge in [-0.15, -0.1) is 0 Å². The molecule has 0 radical (unpaired) electrons. The molecule has 70 valence electrons. The minimum absolute atomic E-state index is 0.0706. The van der Waals surface area contributed by atoms with Gasteiger partial charge in [0.2, 0.25) is 5.91 Å². The number of aromatic nitrogens is 2. The smallest absolute Gasteiger partial charge is 0.228 e. The summed E-state index contributed by atoms with van der Waals surface area (Å²) >= 11 is 0. The van der Waals surface area contributed by atoms with Crippen LogP contribution in [-0.2, 0) is 11.8 Å². The predicted octanol–water partition coefficient (Wildman–Crippen LogP) is 0.617. The van der Waals surface area contributed by atoms with Crippen LogP contribution < -0.4 is 5.32 Å². The second kappa shape index (κ2) is 2.34. The quantitative estimate of drug-likeness (QED) is 0.642. The van der Waals surface area contributed by atoms with E-state index in [1.165, 1.54) is 0 Å². The van der Waals surface area contributed by atoms with Gasteiger partial charge in [-0.05, 0) is 13.8 Å². The Hall–Kier alpha value is -1.32. The molecule has 4 nitrogen and oxygen atoms in total. The number of imidazole rings is 1. The summed E-state index contributed by atoms with van der Waals surface area (Å²) < 4.78 is 1.88. The number of rotatable bonds is 1. The van der Waals surface area contributed by atoms with Gasteiger partial charge in [-0.25, -0.2) is 4.98 Å². The van der Waals surface area contributed by atoms with E-state index in [0.29, 0.717) is 0 Å². The Labute approximate surface area is 77.0 Å². The highest BCUT2D eigenvalue weighted by atomic mass is 16.2. The van der Waals surface area contributed by atoms with Crippen LogP contribution in [0.15, 0.2) is 12.5 Å². The van der Waals surface area contributed by atoms with Crippen LogP contribution >= 0.6 is 0 Å². The van der Waals surface area contributed by atoms with Crippen LogP contribution in [-0.4, -0.2) is 15.5 Å². The summed E-state index contributed by atoms with van der Waals surface area (Å²) in [6, 6.07) is 0.0706. The van der Waals surface area contributed by atoms with Crippen molar-refractivity contribution < 1.29 is 4.79 Å². The lowest BCUT2D eigenvalue weighted by atomic mass is 9.75. The number of nitrogens with zero attached hydrogens (tertiary/aromatic N) is 2. The maximum atomic E-state index is 11.2. The predicted molar refractivity (Wildman–Crippen MR) is 47.9 cm³/mol. The maximum absolute atomic E-state index is 11.2. The van der Waals surface area contributed by atoms with Crippen molar-refractivity contribution in [2.75, 3.05) is 0 Å². The van der Waals surface area contributed by atoms with Gasteiger partial charge < -0.3 is 9.88 Å². The van der Waals surface area contributed by atoms with E-state index in [-0.39, 0.29) is 17.4 Å². The Kier molecular flexibility index (Phi) is 1.49. The zero-order chi connectivity index (χ0) is 9.64. The fraction of sp³-hybridized carbons (Fsp3) is 0.556. The highest BCUT2D eigenvalue weighted by molar-refractivity contribution is 5.89. The number of hydrogen-bond donors (Lipinski definition) is 1. The minimum Gasteiger partial charge on any atom is -0.346 e. The first kappa shape index (κ1) is 8.29. The van der Waals surface area contributed by atoms with Crippen LogP contribution in [0, 0.1) is 5.41 Å². The SMILES string of the molecule is Cn1cnc(C2NC(=O)C2(C)C)c1. The van der Waals surface area contributed by atoms with Crippen molar-refractivity contribution in [3.05, 3.63) is 18.2 Å². The van der Waals surface area contributed by atoms with Gasteiger partial charge >= 0.3 is 0 Å². The van der Waals surface area contributed by atoms with Crippen molar-refractivity contribution in [1.29, 1.82) is 0 Å². The summed E-state index contributed by atoms with van der Waals surface area (Å²) in [5.74, 6) is 0.100. The summed E-state index contributed by atoms with van der Waals surface area (Å²) in [5, 5.41) is 2.85. The Morgan fingerprint density at radius 1 is 1.62 bits per heavy atom. The van der Waals surface area contributed by atoms with Crippen molar-refractivity contribution in [2.24, 2.45) is 12.5 Å². The van der Waals surface area contributed by atoms with Crippen molar-refractivity contribution in [3.8, 4) is 0 Å². The molecule has 13 heavy (non-hydrogen) atoms. The summed E-state index contributed by atoms with van der Waals surface area (Å²) in [5.41, 5.74) is 0.626. The van der Waals surface area contributed by atoms with Crippen LogP contribution in [0.2, 0.25) is 0 Å². The lowest BCUT2D eigenvalue weighted by molar-refractivity contribution is -0.143. The van der Waals surface area contributed by atoms with Crippen molar-refractivity contribution in [1.82, 2.24) is 14.9 Å². The molecule has 1 aliphatic heterocycles. The van der Waals surface area contributed by atoms with E-state index < -0.39 is 0 Å². The Morgan fingerprint density at radius 2 is 2.31 bits per heavy atom. The zero-order valence-corrected chi connectivity index (χ0v) is 8.03. The molecule has 1 saturated heterocycles. The molecule has 1 unspecified atom stereocenters. The summed E-state index contributed by atoms with van der Waals surface area (Å²) in [4.78, 5) is 15.4. The van der Waals surface area contributed by atoms with Crippen LogP contribution in [0.5, 0.6) is 0 Å². The molecule has 2 heterocycles.